The summed E-state index contributed by atoms with van der Waals surface area (Å²) in [6.07, 6.45) is 8.96. The van der Waals surface area contributed by atoms with Gasteiger partial charge in [0.15, 0.2) is 11.5 Å². The summed E-state index contributed by atoms with van der Waals surface area (Å²) in [4.78, 5) is 59.0. The topological polar surface area (TPSA) is 160 Å². The molecule has 0 bridgehead atoms. The van der Waals surface area contributed by atoms with Gasteiger partial charge in [-0.1, -0.05) is 12.1 Å². The third kappa shape index (κ3) is 9.49. The van der Waals surface area contributed by atoms with Crippen molar-refractivity contribution in [3.05, 3.63) is 102 Å². The number of rotatable bonds is 14. The number of aryl methyl sites for hydroxylation is 2. The number of methoxy groups -OCH3 is 1. The molecule has 14 heteroatoms. The summed E-state index contributed by atoms with van der Waals surface area (Å²) >= 11 is 0. The Morgan fingerprint density at radius 2 is 1.44 bits per heavy atom. The summed E-state index contributed by atoms with van der Waals surface area (Å²) in [5.41, 5.74) is 6.42. The van der Waals surface area contributed by atoms with Gasteiger partial charge in [-0.25, -0.2) is 0 Å². The van der Waals surface area contributed by atoms with E-state index in [1.165, 1.54) is 7.11 Å². The van der Waals surface area contributed by atoms with Crippen molar-refractivity contribution in [3.63, 3.8) is 0 Å². The number of aromatic nitrogens is 2. The van der Waals surface area contributed by atoms with Crippen molar-refractivity contribution >= 4 is 58.3 Å². The van der Waals surface area contributed by atoms with Crippen molar-refractivity contribution in [2.45, 2.75) is 58.0 Å². The summed E-state index contributed by atoms with van der Waals surface area (Å²) in [6, 6.07) is 22.1. The number of nitrogens with one attached hydrogen (secondary N) is 4. The zero-order valence-corrected chi connectivity index (χ0v) is 34.0. The van der Waals surface area contributed by atoms with E-state index in [2.05, 4.69) is 40.1 Å². The molecule has 7 rings (SSSR count). The number of ether oxygens (including phenoxy) is 2. The van der Waals surface area contributed by atoms with Crippen LogP contribution in [0.1, 0.15) is 77.3 Å². The fourth-order valence-corrected chi connectivity index (χ4v) is 7.35. The largest absolute Gasteiger partial charge is 0.493 e. The predicted molar refractivity (Wildman–Crippen MR) is 231 cm³/mol. The number of carbonyl (C=O) groups is 4. The SMILES string of the molecule is COc1cc2c(cc1OCCCC(=O)Nc1cc(C(=O)Nc3ccc(-c4cc(C(=O)Nc5ccc(NC(C)C)cc5)n(C)c4)cc3)n(C)c1)N=CC1CCCCN1C2=O. The van der Waals surface area contributed by atoms with Crippen LogP contribution in [0.25, 0.3) is 11.1 Å². The van der Waals surface area contributed by atoms with Crippen LogP contribution in [0.5, 0.6) is 11.5 Å². The lowest BCUT2D eigenvalue weighted by Crippen LogP contribution is -2.43. The average molecular weight is 799 g/mol. The first-order valence-electron chi connectivity index (χ1n) is 19.9. The Morgan fingerprint density at radius 3 is 2.14 bits per heavy atom. The smallest absolute Gasteiger partial charge is 0.272 e. The standard InChI is InChI=1S/C45H50N8O6/c1-28(2)47-31-15-17-33(18-16-31)50-43(55)38-21-30(26-51(38)3)29-11-13-32(14-12-29)49-44(56)39-22-34(27-52(39)4)48-42(54)10-8-20-59-41-24-37-36(23-40(41)58-5)45(57)53-19-7-6-9-35(53)25-46-37/h11-18,21-28,35,47H,6-10,19-20H2,1-5H3,(H,48,54)(H,49,56)(H,50,55). The summed E-state index contributed by atoms with van der Waals surface area (Å²) in [5, 5.41) is 12.1. The zero-order chi connectivity index (χ0) is 41.6. The van der Waals surface area contributed by atoms with E-state index in [0.717, 1.165) is 36.1 Å². The van der Waals surface area contributed by atoms with E-state index in [4.69, 9.17) is 9.47 Å². The molecule has 4 heterocycles. The first-order chi connectivity index (χ1) is 28.4. The van der Waals surface area contributed by atoms with E-state index in [1.54, 1.807) is 52.7 Å². The number of amides is 4. The summed E-state index contributed by atoms with van der Waals surface area (Å²) in [6.45, 7) is 5.09. The Kier molecular flexibility index (Phi) is 12.1. The number of benzene rings is 3. The predicted octanol–water partition coefficient (Wildman–Crippen LogP) is 7.87. The Morgan fingerprint density at radius 1 is 0.780 bits per heavy atom. The summed E-state index contributed by atoms with van der Waals surface area (Å²) in [5.74, 6) is 0.0525. The first-order valence-corrected chi connectivity index (χ1v) is 19.9. The molecule has 3 aromatic carbocycles. The lowest BCUT2D eigenvalue weighted by atomic mass is 10.0. The minimum Gasteiger partial charge on any atom is -0.493 e. The number of anilines is 4. The highest BCUT2D eigenvalue weighted by atomic mass is 16.5. The molecule has 0 radical (unpaired) electrons. The minimum absolute atomic E-state index is 0.00720. The molecule has 0 saturated carbocycles. The van der Waals surface area contributed by atoms with Crippen molar-refractivity contribution in [1.82, 2.24) is 14.0 Å². The van der Waals surface area contributed by atoms with Crippen LogP contribution in [0.3, 0.4) is 0 Å². The minimum atomic E-state index is -0.336. The van der Waals surface area contributed by atoms with Crippen LogP contribution in [-0.2, 0) is 18.9 Å². The zero-order valence-electron chi connectivity index (χ0n) is 34.0. The van der Waals surface area contributed by atoms with Crippen LogP contribution in [0.4, 0.5) is 28.4 Å². The van der Waals surface area contributed by atoms with Gasteiger partial charge in [-0.15, -0.1) is 0 Å². The van der Waals surface area contributed by atoms with Gasteiger partial charge in [0.25, 0.3) is 17.7 Å². The van der Waals surface area contributed by atoms with Crippen molar-refractivity contribution < 1.29 is 28.7 Å². The first kappa shape index (κ1) is 40.4. The van der Waals surface area contributed by atoms with Crippen molar-refractivity contribution in [2.24, 2.45) is 19.1 Å². The number of aliphatic imine (C=N–C) groups is 1. The second-order valence-corrected chi connectivity index (χ2v) is 15.2. The Hall–Kier alpha value is -6.83. The summed E-state index contributed by atoms with van der Waals surface area (Å²) in [7, 11) is 5.09. The number of nitrogens with zero attached hydrogens (tertiary/aromatic N) is 4. The maximum Gasteiger partial charge on any atom is 0.272 e. The molecule has 2 aliphatic heterocycles. The van der Waals surface area contributed by atoms with Crippen LogP contribution in [0.2, 0.25) is 0 Å². The van der Waals surface area contributed by atoms with Gasteiger partial charge < -0.3 is 44.8 Å². The van der Waals surface area contributed by atoms with E-state index >= 15 is 0 Å². The van der Waals surface area contributed by atoms with E-state index < -0.39 is 0 Å². The molecule has 4 N–H and O–H groups in total. The van der Waals surface area contributed by atoms with Gasteiger partial charge in [-0.3, -0.25) is 24.2 Å². The van der Waals surface area contributed by atoms with Crippen LogP contribution < -0.4 is 30.7 Å². The molecule has 1 saturated heterocycles. The van der Waals surface area contributed by atoms with Gasteiger partial charge in [-0.2, -0.15) is 0 Å². The molecule has 306 valence electrons. The van der Waals surface area contributed by atoms with E-state index in [0.29, 0.717) is 70.2 Å². The maximum atomic E-state index is 13.3. The molecule has 0 spiro atoms. The second-order valence-electron chi connectivity index (χ2n) is 15.2. The van der Waals surface area contributed by atoms with Crippen LogP contribution in [0, 0.1) is 0 Å². The number of carbonyl (C=O) groups excluding carboxylic acids is 4. The van der Waals surface area contributed by atoms with Gasteiger partial charge in [-0.05, 0) is 99.7 Å². The molecule has 4 amide bonds. The van der Waals surface area contributed by atoms with Crippen molar-refractivity contribution in [1.29, 1.82) is 0 Å². The molecular formula is C45H50N8O6. The quantitative estimate of drug-likeness (QED) is 0.0832. The van der Waals surface area contributed by atoms with Gasteiger partial charge in [0.1, 0.15) is 11.4 Å². The van der Waals surface area contributed by atoms with Gasteiger partial charge >= 0.3 is 0 Å². The van der Waals surface area contributed by atoms with E-state index in [-0.39, 0.29) is 42.7 Å². The number of piperidine rings is 1. The van der Waals surface area contributed by atoms with Gasteiger partial charge in [0.2, 0.25) is 5.91 Å². The van der Waals surface area contributed by atoms with Crippen molar-refractivity contribution in [2.75, 3.05) is 41.5 Å². The third-order valence-electron chi connectivity index (χ3n) is 10.3. The second kappa shape index (κ2) is 17.8. The molecule has 14 nitrogen and oxygen atoms in total. The molecule has 2 aromatic heterocycles. The molecule has 1 unspecified atom stereocenters. The van der Waals surface area contributed by atoms with Gasteiger partial charge in [0, 0.05) is 80.4 Å². The average Bonchev–Trinajstić information content (AvgIpc) is 3.76. The molecular weight excluding hydrogens is 749 g/mol. The Bertz CT molecular complexity index is 2380. The number of fused-ring (bicyclic) bond motifs is 2. The van der Waals surface area contributed by atoms with Gasteiger partial charge in [0.05, 0.1) is 36.7 Å². The molecule has 2 aliphatic rings. The monoisotopic (exact) mass is 798 g/mol. The normalized spacial score (nSPS) is 14.6. The lowest BCUT2D eigenvalue weighted by molar-refractivity contribution is -0.116. The van der Waals surface area contributed by atoms with E-state index in [9.17, 15) is 19.2 Å². The van der Waals surface area contributed by atoms with Crippen LogP contribution in [-0.4, -0.2) is 76.2 Å². The number of hydrogen-bond acceptors (Lipinski definition) is 8. The fourth-order valence-electron chi connectivity index (χ4n) is 7.35. The van der Waals surface area contributed by atoms with Crippen LogP contribution in [0.15, 0.2) is 90.2 Å². The molecule has 0 aliphatic carbocycles. The molecule has 5 aromatic rings. The lowest BCUT2D eigenvalue weighted by Gasteiger charge is -2.32. The highest BCUT2D eigenvalue weighted by Crippen LogP contribution is 2.38. The van der Waals surface area contributed by atoms with Crippen molar-refractivity contribution in [3.8, 4) is 22.6 Å². The Balaban J connectivity index is 0.891. The highest BCUT2D eigenvalue weighted by Gasteiger charge is 2.31. The molecule has 1 atom stereocenters. The fraction of sp³-hybridized carbons (Fsp3) is 0.311. The van der Waals surface area contributed by atoms with E-state index in [1.807, 2.05) is 66.8 Å². The highest BCUT2D eigenvalue weighted by molar-refractivity contribution is 6.06. The maximum absolute atomic E-state index is 13.3. The third-order valence-corrected chi connectivity index (χ3v) is 10.3. The van der Waals surface area contributed by atoms with Crippen LogP contribution >= 0.6 is 0 Å². The molecule has 1 fully saturated rings. The summed E-state index contributed by atoms with van der Waals surface area (Å²) < 4.78 is 15.0. The number of hydrogen-bond donors (Lipinski definition) is 4. The molecule has 59 heavy (non-hydrogen) atoms. The Labute approximate surface area is 343 Å².